The normalized spacial score (nSPS) is 12.1. The maximum atomic E-state index is 11.7. The second-order valence-corrected chi connectivity index (χ2v) is 4.96. The van der Waals surface area contributed by atoms with Gasteiger partial charge in [0.2, 0.25) is 0 Å². The van der Waals surface area contributed by atoms with Crippen LogP contribution in [0.3, 0.4) is 0 Å². The molecule has 1 heterocycles. The Morgan fingerprint density at radius 3 is 2.88 bits per heavy atom. The van der Waals surface area contributed by atoms with Crippen LogP contribution in [0.15, 0.2) is 6.20 Å². The van der Waals surface area contributed by atoms with Crippen molar-refractivity contribution in [3.8, 4) is 0 Å². The van der Waals surface area contributed by atoms with Crippen LogP contribution in [0.5, 0.6) is 0 Å². The van der Waals surface area contributed by atoms with Gasteiger partial charge in [-0.05, 0) is 19.8 Å². The summed E-state index contributed by atoms with van der Waals surface area (Å²) in [5, 5.41) is 12.1. The molecule has 0 bridgehead atoms. The average Bonchev–Trinajstić information content (AvgIpc) is 2.65. The molecule has 0 radical (unpaired) electrons. The standard InChI is InChI=1S/C11H16N2O3S/c1-3-4-9-12-6-8(17-9)11(16)13-7(2)5-10(14)15/h6-7H,3-5H2,1-2H3,(H,13,16)(H,14,15). The van der Waals surface area contributed by atoms with Crippen LogP contribution < -0.4 is 5.32 Å². The minimum absolute atomic E-state index is 0.0770. The zero-order valence-corrected chi connectivity index (χ0v) is 10.7. The van der Waals surface area contributed by atoms with E-state index in [1.165, 1.54) is 11.3 Å². The lowest BCUT2D eigenvalue weighted by atomic mass is 10.2. The molecule has 1 aromatic rings. The van der Waals surface area contributed by atoms with Crippen LogP contribution in [0.25, 0.3) is 0 Å². The van der Waals surface area contributed by atoms with Gasteiger partial charge in [-0.1, -0.05) is 6.92 Å². The molecule has 0 spiro atoms. The molecular formula is C11H16N2O3S. The van der Waals surface area contributed by atoms with E-state index in [9.17, 15) is 9.59 Å². The summed E-state index contributed by atoms with van der Waals surface area (Å²) in [5.74, 6) is -1.17. The molecule has 0 saturated carbocycles. The molecule has 0 aliphatic carbocycles. The number of nitrogens with zero attached hydrogens (tertiary/aromatic N) is 1. The van der Waals surface area contributed by atoms with Crippen molar-refractivity contribution in [2.75, 3.05) is 0 Å². The average molecular weight is 256 g/mol. The van der Waals surface area contributed by atoms with E-state index in [1.807, 2.05) is 0 Å². The first-order valence-corrected chi connectivity index (χ1v) is 6.32. The van der Waals surface area contributed by atoms with E-state index in [1.54, 1.807) is 13.1 Å². The topological polar surface area (TPSA) is 79.3 Å². The molecular weight excluding hydrogens is 240 g/mol. The molecule has 0 aromatic carbocycles. The predicted molar refractivity (Wildman–Crippen MR) is 65.3 cm³/mol. The number of aromatic nitrogens is 1. The third-order valence-corrected chi connectivity index (χ3v) is 3.16. The van der Waals surface area contributed by atoms with Crippen LogP contribution in [0.4, 0.5) is 0 Å². The number of amides is 1. The van der Waals surface area contributed by atoms with E-state index >= 15 is 0 Å². The highest BCUT2D eigenvalue weighted by Gasteiger charge is 2.14. The Kier molecular flexibility index (Phi) is 5.09. The molecule has 0 saturated heterocycles. The van der Waals surface area contributed by atoms with Gasteiger partial charge in [-0.2, -0.15) is 0 Å². The van der Waals surface area contributed by atoms with E-state index < -0.39 is 5.97 Å². The van der Waals surface area contributed by atoms with Gasteiger partial charge in [-0.15, -0.1) is 11.3 Å². The van der Waals surface area contributed by atoms with E-state index in [2.05, 4.69) is 17.2 Å². The number of carbonyl (C=O) groups excluding carboxylic acids is 1. The Balaban J connectivity index is 2.54. The molecule has 6 heteroatoms. The van der Waals surface area contributed by atoms with Crippen molar-refractivity contribution in [2.24, 2.45) is 0 Å². The third-order valence-electron chi connectivity index (χ3n) is 2.10. The molecule has 17 heavy (non-hydrogen) atoms. The van der Waals surface area contributed by atoms with Gasteiger partial charge in [0, 0.05) is 6.04 Å². The maximum absolute atomic E-state index is 11.7. The second-order valence-electron chi connectivity index (χ2n) is 3.84. The Hall–Kier alpha value is -1.43. The Morgan fingerprint density at radius 1 is 1.59 bits per heavy atom. The minimum Gasteiger partial charge on any atom is -0.481 e. The zero-order chi connectivity index (χ0) is 12.8. The van der Waals surface area contributed by atoms with Crippen LogP contribution in [0.1, 0.15) is 41.4 Å². The summed E-state index contributed by atoms with van der Waals surface area (Å²) >= 11 is 1.36. The fraction of sp³-hybridized carbons (Fsp3) is 0.545. The molecule has 1 unspecified atom stereocenters. The van der Waals surface area contributed by atoms with E-state index in [0.717, 1.165) is 17.8 Å². The van der Waals surface area contributed by atoms with Gasteiger partial charge in [0.25, 0.3) is 5.91 Å². The molecule has 0 aliphatic heterocycles. The van der Waals surface area contributed by atoms with Crippen molar-refractivity contribution in [3.63, 3.8) is 0 Å². The van der Waals surface area contributed by atoms with Crippen molar-refractivity contribution in [2.45, 2.75) is 39.2 Å². The van der Waals surface area contributed by atoms with Crippen LogP contribution in [-0.2, 0) is 11.2 Å². The Labute approximate surface area is 104 Å². The fourth-order valence-corrected chi connectivity index (χ4v) is 2.28. The Morgan fingerprint density at radius 2 is 2.29 bits per heavy atom. The first kappa shape index (κ1) is 13.6. The zero-order valence-electron chi connectivity index (χ0n) is 9.90. The monoisotopic (exact) mass is 256 g/mol. The summed E-state index contributed by atoms with van der Waals surface area (Å²) in [4.78, 5) is 26.8. The lowest BCUT2D eigenvalue weighted by molar-refractivity contribution is -0.137. The second kappa shape index (κ2) is 6.34. The number of hydrogen-bond donors (Lipinski definition) is 2. The molecule has 1 atom stereocenters. The maximum Gasteiger partial charge on any atom is 0.305 e. The number of carboxylic acids is 1. The molecule has 0 fully saturated rings. The third kappa shape index (κ3) is 4.52. The van der Waals surface area contributed by atoms with Crippen molar-refractivity contribution in [3.05, 3.63) is 16.1 Å². The number of aliphatic carboxylic acids is 1. The molecule has 94 valence electrons. The lowest BCUT2D eigenvalue weighted by Crippen LogP contribution is -2.33. The number of aryl methyl sites for hydroxylation is 1. The number of hydrogen-bond acceptors (Lipinski definition) is 4. The van der Waals surface area contributed by atoms with Crippen molar-refractivity contribution < 1.29 is 14.7 Å². The van der Waals surface area contributed by atoms with Gasteiger partial charge in [0.05, 0.1) is 17.6 Å². The highest BCUT2D eigenvalue weighted by Crippen LogP contribution is 2.14. The van der Waals surface area contributed by atoms with Crippen molar-refractivity contribution in [1.29, 1.82) is 0 Å². The quantitative estimate of drug-likeness (QED) is 0.811. The van der Waals surface area contributed by atoms with Crippen LogP contribution >= 0.6 is 11.3 Å². The first-order chi connectivity index (χ1) is 8.02. The summed E-state index contributed by atoms with van der Waals surface area (Å²) < 4.78 is 0. The smallest absolute Gasteiger partial charge is 0.305 e. The Bertz CT molecular complexity index is 403. The van der Waals surface area contributed by atoms with Crippen LogP contribution in [0.2, 0.25) is 0 Å². The molecule has 1 amide bonds. The summed E-state index contributed by atoms with van der Waals surface area (Å²) in [7, 11) is 0. The largest absolute Gasteiger partial charge is 0.481 e. The van der Waals surface area contributed by atoms with Gasteiger partial charge in [-0.25, -0.2) is 4.98 Å². The summed E-state index contributed by atoms with van der Waals surface area (Å²) in [6.07, 6.45) is 3.32. The minimum atomic E-state index is -0.922. The van der Waals surface area contributed by atoms with Crippen molar-refractivity contribution >= 4 is 23.2 Å². The van der Waals surface area contributed by atoms with Crippen LogP contribution in [-0.4, -0.2) is 28.0 Å². The van der Waals surface area contributed by atoms with Gasteiger partial charge in [0.1, 0.15) is 4.88 Å². The summed E-state index contributed by atoms with van der Waals surface area (Å²) in [6.45, 7) is 3.72. The molecule has 2 N–H and O–H groups in total. The van der Waals surface area contributed by atoms with E-state index in [4.69, 9.17) is 5.11 Å². The molecule has 0 aliphatic rings. The summed E-state index contributed by atoms with van der Waals surface area (Å²) in [6, 6.07) is -0.378. The van der Waals surface area contributed by atoms with Gasteiger partial charge in [-0.3, -0.25) is 9.59 Å². The van der Waals surface area contributed by atoms with Crippen molar-refractivity contribution in [1.82, 2.24) is 10.3 Å². The van der Waals surface area contributed by atoms with E-state index in [-0.39, 0.29) is 18.4 Å². The summed E-state index contributed by atoms with van der Waals surface area (Å²) in [5.41, 5.74) is 0. The fourth-order valence-electron chi connectivity index (χ4n) is 1.35. The number of carbonyl (C=O) groups is 2. The van der Waals surface area contributed by atoms with E-state index in [0.29, 0.717) is 4.88 Å². The number of rotatable bonds is 6. The highest BCUT2D eigenvalue weighted by atomic mass is 32.1. The number of nitrogens with one attached hydrogen (secondary N) is 1. The van der Waals surface area contributed by atoms with Gasteiger partial charge in [0.15, 0.2) is 0 Å². The van der Waals surface area contributed by atoms with Gasteiger partial charge < -0.3 is 10.4 Å². The highest BCUT2D eigenvalue weighted by molar-refractivity contribution is 7.13. The molecule has 5 nitrogen and oxygen atoms in total. The SMILES string of the molecule is CCCc1ncc(C(=O)NC(C)CC(=O)O)s1. The number of thiazole rings is 1. The van der Waals surface area contributed by atoms with Gasteiger partial charge >= 0.3 is 5.97 Å². The molecule has 1 rings (SSSR count). The number of carboxylic acid groups (broad SMARTS) is 1. The predicted octanol–water partition coefficient (Wildman–Crippen LogP) is 1.69. The van der Waals surface area contributed by atoms with Crippen LogP contribution in [0, 0.1) is 0 Å². The lowest BCUT2D eigenvalue weighted by Gasteiger charge is -2.09. The first-order valence-electron chi connectivity index (χ1n) is 5.50. The molecule has 1 aromatic heterocycles.